The molecular formula is C26H27FN6O3. The molecule has 1 aromatic carbocycles. The zero-order chi connectivity index (χ0) is 24.8. The van der Waals surface area contributed by atoms with Crippen molar-refractivity contribution in [3.05, 3.63) is 36.7 Å². The molecule has 36 heavy (non-hydrogen) atoms. The molecule has 0 spiro atoms. The third-order valence-electron chi connectivity index (χ3n) is 6.93. The van der Waals surface area contributed by atoms with Crippen LogP contribution in [0.15, 0.2) is 41.1 Å². The number of fused-ring (bicyclic) bond motifs is 2. The van der Waals surface area contributed by atoms with Crippen LogP contribution in [0, 0.1) is 11.8 Å². The average molecular weight is 491 g/mol. The number of ether oxygens (including phenoxy) is 1. The molecule has 0 radical (unpaired) electrons. The van der Waals surface area contributed by atoms with Crippen molar-refractivity contribution < 1.29 is 18.3 Å². The maximum Gasteiger partial charge on any atom is 0.229 e. The number of halogens is 1. The molecule has 9 nitrogen and oxygen atoms in total. The molecule has 186 valence electrons. The van der Waals surface area contributed by atoms with E-state index in [1.807, 2.05) is 18.2 Å². The molecule has 6 rings (SSSR count). The number of nitrogens with zero attached hydrogens (tertiary/aromatic N) is 4. The molecular weight excluding hydrogens is 463 g/mol. The first-order valence-corrected chi connectivity index (χ1v) is 12.1. The van der Waals surface area contributed by atoms with E-state index in [-0.39, 0.29) is 23.8 Å². The van der Waals surface area contributed by atoms with E-state index in [9.17, 15) is 9.18 Å². The van der Waals surface area contributed by atoms with Crippen LogP contribution in [0.4, 0.5) is 21.7 Å². The zero-order valence-electron chi connectivity index (χ0n) is 20.1. The number of carbonyl (C=O) groups is 1. The first-order valence-electron chi connectivity index (χ1n) is 12.1. The summed E-state index contributed by atoms with van der Waals surface area (Å²) in [6.07, 6.45) is 4.11. The van der Waals surface area contributed by atoms with Crippen molar-refractivity contribution in [2.24, 2.45) is 11.8 Å². The Morgan fingerprint density at radius 1 is 1.22 bits per heavy atom. The van der Waals surface area contributed by atoms with Crippen LogP contribution in [0.3, 0.4) is 0 Å². The third-order valence-corrected chi connectivity index (χ3v) is 6.93. The van der Waals surface area contributed by atoms with Gasteiger partial charge in [0, 0.05) is 54.9 Å². The van der Waals surface area contributed by atoms with Crippen molar-refractivity contribution in [1.29, 1.82) is 0 Å². The van der Waals surface area contributed by atoms with Gasteiger partial charge in [0.05, 0.1) is 24.9 Å². The second kappa shape index (κ2) is 9.02. The Labute approximate surface area is 207 Å². The Hall–Kier alpha value is -3.79. The summed E-state index contributed by atoms with van der Waals surface area (Å²) in [5.41, 5.74) is 3.19. The van der Waals surface area contributed by atoms with E-state index in [0.717, 1.165) is 35.1 Å². The Bertz CT molecular complexity index is 1460. The van der Waals surface area contributed by atoms with Crippen LogP contribution in [-0.4, -0.2) is 60.4 Å². The molecule has 3 atom stereocenters. The van der Waals surface area contributed by atoms with Gasteiger partial charge >= 0.3 is 0 Å². The van der Waals surface area contributed by atoms with Crippen LogP contribution in [0.1, 0.15) is 13.3 Å². The molecule has 1 amide bonds. The predicted octanol–water partition coefficient (Wildman–Crippen LogP) is 4.25. The number of amides is 1. The Kier molecular flexibility index (Phi) is 5.67. The number of carbonyl (C=O) groups excluding carboxylic acids is 1. The number of alkyl halides is 1. The number of morpholine rings is 1. The van der Waals surface area contributed by atoms with Crippen molar-refractivity contribution in [3.8, 4) is 11.5 Å². The summed E-state index contributed by atoms with van der Waals surface area (Å²) in [4.78, 5) is 28.4. The van der Waals surface area contributed by atoms with Crippen LogP contribution >= 0.6 is 0 Å². The number of benzene rings is 1. The van der Waals surface area contributed by atoms with Gasteiger partial charge in [-0.1, -0.05) is 0 Å². The highest BCUT2D eigenvalue weighted by Crippen LogP contribution is 2.40. The van der Waals surface area contributed by atoms with E-state index >= 15 is 0 Å². The van der Waals surface area contributed by atoms with Gasteiger partial charge in [-0.3, -0.25) is 9.18 Å². The molecule has 1 saturated heterocycles. The minimum atomic E-state index is -0.478. The highest BCUT2D eigenvalue weighted by molar-refractivity contribution is 6.03. The number of hydrogen-bond acceptors (Lipinski definition) is 8. The Morgan fingerprint density at radius 2 is 2.11 bits per heavy atom. The van der Waals surface area contributed by atoms with Gasteiger partial charge in [0.25, 0.3) is 0 Å². The fraction of sp³-hybridized carbons (Fsp3) is 0.385. The van der Waals surface area contributed by atoms with Gasteiger partial charge in [-0.15, -0.1) is 0 Å². The number of hydrogen-bond donors (Lipinski definition) is 2. The Balaban J connectivity index is 1.36. The average Bonchev–Trinajstić information content (AvgIpc) is 3.58. The number of rotatable bonds is 6. The smallest absolute Gasteiger partial charge is 0.229 e. The molecule has 1 unspecified atom stereocenters. The molecule has 3 aromatic heterocycles. The van der Waals surface area contributed by atoms with Gasteiger partial charge in [0.1, 0.15) is 17.2 Å². The second-order valence-electron chi connectivity index (χ2n) is 9.43. The maximum atomic E-state index is 12.9. The number of nitrogens with one attached hydrogen (secondary N) is 2. The van der Waals surface area contributed by atoms with Crippen LogP contribution in [0.25, 0.3) is 33.3 Å². The van der Waals surface area contributed by atoms with Gasteiger partial charge in [-0.25, -0.2) is 15.0 Å². The van der Waals surface area contributed by atoms with E-state index in [1.54, 1.807) is 25.5 Å². The quantitative estimate of drug-likeness (QED) is 0.413. The predicted molar refractivity (Wildman–Crippen MR) is 136 cm³/mol. The van der Waals surface area contributed by atoms with Gasteiger partial charge in [-0.2, -0.15) is 0 Å². The minimum absolute atomic E-state index is 0.177. The summed E-state index contributed by atoms with van der Waals surface area (Å²) in [7, 11) is 1.79. The zero-order valence-corrected chi connectivity index (χ0v) is 20.1. The molecule has 2 fully saturated rings. The molecule has 1 aliphatic carbocycles. The standard InChI is InChI=1S/C26H27FN6O3/c1-14-13-33(5-6-35-14)16-3-4-22-21(8-16)31-26(36-22)20-12-30-24(28-2)19-11-29-23(9-18(19)20)32-25(34)17-7-15(17)10-27/h3-4,8-9,11-12,14-15,17H,5-7,10,13H2,1-2H3,(H,28,30)(H,29,32,34)/t14?,15-,17-/m0/s1. The lowest BCUT2D eigenvalue weighted by molar-refractivity contribution is -0.117. The number of oxazole rings is 1. The first-order chi connectivity index (χ1) is 17.5. The van der Waals surface area contributed by atoms with Gasteiger partial charge < -0.3 is 24.7 Å². The number of aromatic nitrogens is 3. The van der Waals surface area contributed by atoms with E-state index in [1.165, 1.54) is 0 Å². The number of pyridine rings is 2. The summed E-state index contributed by atoms with van der Waals surface area (Å²) < 4.78 is 24.7. The van der Waals surface area contributed by atoms with E-state index in [2.05, 4.69) is 32.4 Å². The van der Waals surface area contributed by atoms with Crippen LogP contribution < -0.4 is 15.5 Å². The monoisotopic (exact) mass is 490 g/mol. The van der Waals surface area contributed by atoms with Gasteiger partial charge in [0.15, 0.2) is 5.58 Å². The highest BCUT2D eigenvalue weighted by atomic mass is 19.1. The molecule has 2 aliphatic rings. The van der Waals surface area contributed by atoms with Crippen molar-refractivity contribution >= 4 is 45.1 Å². The minimum Gasteiger partial charge on any atom is -0.436 e. The normalized spacial score (nSPS) is 21.6. The lowest BCUT2D eigenvalue weighted by atomic mass is 10.1. The first kappa shape index (κ1) is 22.7. The summed E-state index contributed by atoms with van der Waals surface area (Å²) in [6, 6.07) is 7.79. The molecule has 1 saturated carbocycles. The molecule has 4 aromatic rings. The lowest BCUT2D eigenvalue weighted by Crippen LogP contribution is -2.41. The second-order valence-corrected chi connectivity index (χ2v) is 9.43. The van der Waals surface area contributed by atoms with E-state index in [0.29, 0.717) is 41.7 Å². The van der Waals surface area contributed by atoms with Crippen molar-refractivity contribution in [1.82, 2.24) is 15.0 Å². The van der Waals surface area contributed by atoms with Crippen LogP contribution in [-0.2, 0) is 9.53 Å². The van der Waals surface area contributed by atoms with E-state index in [4.69, 9.17) is 14.1 Å². The SMILES string of the molecule is CNc1ncc(-c2nc3cc(N4CCOC(C)C4)ccc3o2)c2cc(NC(=O)[C@H]3C[C@H]3CF)ncc12. The van der Waals surface area contributed by atoms with Gasteiger partial charge in [0.2, 0.25) is 11.8 Å². The molecule has 1 aliphatic heterocycles. The Morgan fingerprint density at radius 3 is 2.89 bits per heavy atom. The third kappa shape index (κ3) is 4.11. The lowest BCUT2D eigenvalue weighted by Gasteiger charge is -2.32. The van der Waals surface area contributed by atoms with Crippen LogP contribution in [0.2, 0.25) is 0 Å². The highest BCUT2D eigenvalue weighted by Gasteiger charge is 2.43. The molecule has 10 heteroatoms. The summed E-state index contributed by atoms with van der Waals surface area (Å²) in [6.45, 7) is 3.94. The van der Waals surface area contributed by atoms with Crippen molar-refractivity contribution in [2.45, 2.75) is 19.4 Å². The van der Waals surface area contributed by atoms with Crippen LogP contribution in [0.5, 0.6) is 0 Å². The fourth-order valence-electron chi connectivity index (χ4n) is 4.81. The molecule has 4 heterocycles. The van der Waals surface area contributed by atoms with Crippen molar-refractivity contribution in [2.75, 3.05) is 49.0 Å². The van der Waals surface area contributed by atoms with E-state index < -0.39 is 6.67 Å². The van der Waals surface area contributed by atoms with Gasteiger partial charge in [-0.05, 0) is 43.5 Å². The largest absolute Gasteiger partial charge is 0.436 e. The summed E-state index contributed by atoms with van der Waals surface area (Å²) in [5.74, 6) is 0.788. The van der Waals surface area contributed by atoms with Crippen molar-refractivity contribution in [3.63, 3.8) is 0 Å². The molecule has 2 N–H and O–H groups in total. The summed E-state index contributed by atoms with van der Waals surface area (Å²) in [5, 5.41) is 7.46. The maximum absolute atomic E-state index is 12.9. The molecule has 0 bridgehead atoms. The number of anilines is 3. The summed E-state index contributed by atoms with van der Waals surface area (Å²) >= 11 is 0. The topological polar surface area (TPSA) is 105 Å². The fourth-order valence-corrected chi connectivity index (χ4v) is 4.81.